The molecule has 0 saturated carbocycles. The van der Waals surface area contributed by atoms with Crippen LogP contribution in [0.5, 0.6) is 0 Å². The summed E-state index contributed by atoms with van der Waals surface area (Å²) < 4.78 is 4.85. The summed E-state index contributed by atoms with van der Waals surface area (Å²) in [4.78, 5) is 11.4. The zero-order valence-electron chi connectivity index (χ0n) is 15.7. The number of hydrogen-bond acceptors (Lipinski definition) is 4. The van der Waals surface area contributed by atoms with Crippen molar-refractivity contribution in [1.29, 1.82) is 0 Å². The van der Waals surface area contributed by atoms with Gasteiger partial charge in [0.2, 0.25) is 0 Å². The highest BCUT2D eigenvalue weighted by Crippen LogP contribution is 2.08. The van der Waals surface area contributed by atoms with E-state index >= 15 is 0 Å². The molecule has 0 rings (SSSR count). The van der Waals surface area contributed by atoms with Crippen molar-refractivity contribution in [2.24, 2.45) is 0 Å². The second-order valence-electron chi connectivity index (χ2n) is 6.12. The van der Waals surface area contributed by atoms with Crippen LogP contribution in [0.3, 0.4) is 0 Å². The molecule has 0 aromatic carbocycles. The van der Waals surface area contributed by atoms with E-state index in [4.69, 9.17) is 14.9 Å². The molecule has 0 aliphatic rings. The first-order chi connectivity index (χ1) is 12.2. The van der Waals surface area contributed by atoms with Gasteiger partial charge in [-0.1, -0.05) is 62.0 Å². The molecule has 0 fully saturated rings. The molecule has 0 saturated heterocycles. The topological polar surface area (TPSA) is 66.8 Å². The molecule has 0 amide bonds. The second-order valence-corrected chi connectivity index (χ2v) is 6.12. The van der Waals surface area contributed by atoms with E-state index in [0.29, 0.717) is 6.42 Å². The number of aliphatic hydroxyl groups is 2. The molecule has 1 atom stereocenters. The number of hydrogen-bond donors (Lipinski definition) is 2. The SMILES string of the molecule is BC/C=C\C/C=C\C/C=C\CCCCCCCC(=O)OCC(O)CO. The number of ether oxygens (including phenoxy) is 1. The Morgan fingerprint density at radius 2 is 1.52 bits per heavy atom. The number of rotatable bonds is 16. The lowest BCUT2D eigenvalue weighted by Crippen LogP contribution is -2.21. The van der Waals surface area contributed by atoms with Crippen molar-refractivity contribution < 1.29 is 19.7 Å². The van der Waals surface area contributed by atoms with Crippen molar-refractivity contribution in [3.63, 3.8) is 0 Å². The largest absolute Gasteiger partial charge is 0.463 e. The maximum atomic E-state index is 11.4. The van der Waals surface area contributed by atoms with Crippen LogP contribution in [-0.4, -0.2) is 43.3 Å². The molecule has 5 heteroatoms. The minimum Gasteiger partial charge on any atom is -0.463 e. The van der Waals surface area contributed by atoms with Crippen LogP contribution < -0.4 is 0 Å². The summed E-state index contributed by atoms with van der Waals surface area (Å²) in [5, 5.41) is 17.7. The van der Waals surface area contributed by atoms with Crippen molar-refractivity contribution in [2.45, 2.75) is 70.2 Å². The molecule has 0 bridgehead atoms. The van der Waals surface area contributed by atoms with E-state index in [1.54, 1.807) is 0 Å². The van der Waals surface area contributed by atoms with Crippen LogP contribution in [0.4, 0.5) is 0 Å². The highest BCUT2D eigenvalue weighted by atomic mass is 16.5. The van der Waals surface area contributed by atoms with Crippen LogP contribution in [0.25, 0.3) is 0 Å². The van der Waals surface area contributed by atoms with E-state index in [-0.39, 0.29) is 19.2 Å². The van der Waals surface area contributed by atoms with Crippen LogP contribution in [0.15, 0.2) is 36.5 Å². The maximum Gasteiger partial charge on any atom is 0.305 e. The molecular weight excluding hydrogens is 315 g/mol. The predicted octanol–water partition coefficient (Wildman–Crippen LogP) is 3.11. The van der Waals surface area contributed by atoms with Crippen molar-refractivity contribution in [2.75, 3.05) is 13.2 Å². The molecule has 0 aliphatic heterocycles. The Hall–Kier alpha value is -1.33. The Labute approximate surface area is 154 Å². The van der Waals surface area contributed by atoms with Crippen molar-refractivity contribution in [3.8, 4) is 0 Å². The number of unbranched alkanes of at least 4 members (excludes halogenated alkanes) is 5. The Balaban J connectivity index is 3.34. The summed E-state index contributed by atoms with van der Waals surface area (Å²) in [6, 6.07) is 0. The summed E-state index contributed by atoms with van der Waals surface area (Å²) in [7, 11) is 2.14. The van der Waals surface area contributed by atoms with Gasteiger partial charge in [-0.05, 0) is 32.1 Å². The Morgan fingerprint density at radius 3 is 2.20 bits per heavy atom. The molecule has 0 heterocycles. The molecule has 142 valence electrons. The summed E-state index contributed by atoms with van der Waals surface area (Å²) in [6.45, 7) is -0.499. The standard InChI is InChI=1S/C20H35BO4/c21-16-14-12-10-8-6-4-2-1-3-5-7-9-11-13-15-20(24)25-18-19(23)17-22/h1-2,6,8,12,14,19,22-23H,3-5,7,9-11,13,15-18,21H2/b2-1-,8-6-,14-12-. The van der Waals surface area contributed by atoms with E-state index in [9.17, 15) is 4.79 Å². The van der Waals surface area contributed by atoms with Crippen LogP contribution in [0, 0.1) is 0 Å². The van der Waals surface area contributed by atoms with Gasteiger partial charge in [-0.2, -0.15) is 0 Å². The summed E-state index contributed by atoms with van der Waals surface area (Å²) in [5.41, 5.74) is 0. The molecule has 0 aliphatic carbocycles. The molecule has 0 aromatic heterocycles. The third-order valence-electron chi connectivity index (χ3n) is 3.68. The lowest BCUT2D eigenvalue weighted by Gasteiger charge is -2.08. The Bertz CT molecular complexity index is 391. The van der Waals surface area contributed by atoms with Crippen molar-refractivity contribution >= 4 is 13.8 Å². The van der Waals surface area contributed by atoms with Gasteiger partial charge >= 0.3 is 5.97 Å². The molecule has 4 nitrogen and oxygen atoms in total. The van der Waals surface area contributed by atoms with Gasteiger partial charge in [0, 0.05) is 6.42 Å². The van der Waals surface area contributed by atoms with Gasteiger partial charge < -0.3 is 14.9 Å². The lowest BCUT2D eigenvalue weighted by molar-refractivity contribution is -0.147. The smallest absolute Gasteiger partial charge is 0.305 e. The van der Waals surface area contributed by atoms with Gasteiger partial charge in [0.1, 0.15) is 20.6 Å². The van der Waals surface area contributed by atoms with Gasteiger partial charge in [0.25, 0.3) is 0 Å². The molecule has 2 N–H and O–H groups in total. The average molecular weight is 350 g/mol. The Kier molecular flexibility index (Phi) is 18.0. The van der Waals surface area contributed by atoms with Crippen molar-refractivity contribution in [1.82, 2.24) is 0 Å². The maximum absolute atomic E-state index is 11.4. The summed E-state index contributed by atoms with van der Waals surface area (Å²) in [5.74, 6) is -0.298. The van der Waals surface area contributed by atoms with E-state index < -0.39 is 6.10 Å². The summed E-state index contributed by atoms with van der Waals surface area (Å²) >= 11 is 0. The number of carbonyl (C=O) groups is 1. The van der Waals surface area contributed by atoms with E-state index in [0.717, 1.165) is 44.8 Å². The molecular formula is C20H35BO4. The highest BCUT2D eigenvalue weighted by Gasteiger charge is 2.07. The lowest BCUT2D eigenvalue weighted by atomic mass is 10.1. The first-order valence-corrected chi connectivity index (χ1v) is 9.60. The third-order valence-corrected chi connectivity index (χ3v) is 3.68. The van der Waals surface area contributed by atoms with Gasteiger partial charge in [0.05, 0.1) is 6.61 Å². The average Bonchev–Trinajstić information content (AvgIpc) is 2.62. The van der Waals surface area contributed by atoms with Gasteiger partial charge in [-0.25, -0.2) is 0 Å². The van der Waals surface area contributed by atoms with Gasteiger partial charge in [0.15, 0.2) is 0 Å². The molecule has 0 spiro atoms. The van der Waals surface area contributed by atoms with Gasteiger partial charge in [-0.3, -0.25) is 4.79 Å². The monoisotopic (exact) mass is 350 g/mol. The minimum absolute atomic E-state index is 0.119. The van der Waals surface area contributed by atoms with Gasteiger partial charge in [-0.15, -0.1) is 0 Å². The zero-order valence-corrected chi connectivity index (χ0v) is 15.7. The number of carbonyl (C=O) groups excluding carboxylic acids is 1. The van der Waals surface area contributed by atoms with Crippen LogP contribution in [-0.2, 0) is 9.53 Å². The fourth-order valence-corrected chi connectivity index (χ4v) is 2.20. The summed E-state index contributed by atoms with van der Waals surface area (Å²) in [6.07, 6.45) is 22.3. The van der Waals surface area contributed by atoms with E-state index in [1.807, 2.05) is 0 Å². The van der Waals surface area contributed by atoms with Crippen LogP contribution >= 0.6 is 0 Å². The minimum atomic E-state index is -0.967. The van der Waals surface area contributed by atoms with E-state index in [1.165, 1.54) is 12.8 Å². The third kappa shape index (κ3) is 18.9. The molecule has 1 unspecified atom stereocenters. The number of esters is 1. The Morgan fingerprint density at radius 1 is 0.920 bits per heavy atom. The number of aliphatic hydroxyl groups excluding tert-OH is 2. The predicted molar refractivity (Wildman–Crippen MR) is 106 cm³/mol. The zero-order chi connectivity index (χ0) is 18.6. The first-order valence-electron chi connectivity index (χ1n) is 9.60. The van der Waals surface area contributed by atoms with Crippen LogP contribution in [0.2, 0.25) is 6.32 Å². The quantitative estimate of drug-likeness (QED) is 0.194. The molecule has 0 radical (unpaired) electrons. The molecule has 25 heavy (non-hydrogen) atoms. The van der Waals surface area contributed by atoms with Crippen molar-refractivity contribution in [3.05, 3.63) is 36.5 Å². The second kappa shape index (κ2) is 19.0. The fraction of sp³-hybridized carbons (Fsp3) is 0.650. The van der Waals surface area contributed by atoms with Crippen LogP contribution in [0.1, 0.15) is 57.8 Å². The fourth-order valence-electron chi connectivity index (χ4n) is 2.20. The van der Waals surface area contributed by atoms with E-state index in [2.05, 4.69) is 44.3 Å². The number of allylic oxidation sites excluding steroid dienone is 6. The molecule has 0 aromatic rings. The normalized spacial score (nSPS) is 13.2. The first kappa shape index (κ1) is 23.7. The highest BCUT2D eigenvalue weighted by molar-refractivity contribution is 6.09.